The van der Waals surface area contributed by atoms with Crippen molar-refractivity contribution < 1.29 is 4.79 Å². The van der Waals surface area contributed by atoms with E-state index in [2.05, 4.69) is 25.9 Å². The molecule has 2 rings (SSSR count). The van der Waals surface area contributed by atoms with Gasteiger partial charge in [-0.2, -0.15) is 0 Å². The largest absolute Gasteiger partial charge is 0.382 e. The van der Waals surface area contributed by atoms with E-state index in [9.17, 15) is 4.79 Å². The lowest BCUT2D eigenvalue weighted by Crippen LogP contribution is -2.30. The number of nitrogens with one attached hydrogen (secondary N) is 4. The fourth-order valence-electron chi connectivity index (χ4n) is 2.18. The zero-order valence-electron chi connectivity index (χ0n) is 13.9. The number of benzene rings is 1. The molecule has 1 aromatic heterocycles. The van der Waals surface area contributed by atoms with Crippen LogP contribution in [0.15, 0.2) is 54.6 Å². The summed E-state index contributed by atoms with van der Waals surface area (Å²) in [6.45, 7) is 0.677. The third-order valence-electron chi connectivity index (χ3n) is 3.41. The number of hydrogen-bond donors (Lipinski definition) is 5. The highest BCUT2D eigenvalue weighted by atomic mass is 16.1. The summed E-state index contributed by atoms with van der Waals surface area (Å²) >= 11 is 0. The van der Waals surface area contributed by atoms with Gasteiger partial charge in [0.2, 0.25) is 0 Å². The Balaban J connectivity index is 2.09. The number of rotatable bonds is 8. The van der Waals surface area contributed by atoms with Gasteiger partial charge in [-0.15, -0.1) is 0 Å². The standard InChI is InChI=1S/C17H21N7O/c1-20-11-14(12-5-3-2-4-6-12)23-10-13(9-18)24-17(25)15-16(19)22-8-7-21-15/h2-10,14,18,20,23H,11H2,1H3,(H2,19,22)(H,24,25)/b13-10+,18-9?. The van der Waals surface area contributed by atoms with Crippen LogP contribution in [0, 0.1) is 5.41 Å². The van der Waals surface area contributed by atoms with Crippen molar-refractivity contribution in [2.24, 2.45) is 0 Å². The molecule has 0 saturated heterocycles. The molecule has 1 atom stereocenters. The minimum Gasteiger partial charge on any atom is -0.382 e. The maximum absolute atomic E-state index is 12.2. The lowest BCUT2D eigenvalue weighted by atomic mass is 10.1. The molecule has 6 N–H and O–H groups in total. The highest BCUT2D eigenvalue weighted by molar-refractivity contribution is 5.99. The fourth-order valence-corrected chi connectivity index (χ4v) is 2.18. The van der Waals surface area contributed by atoms with E-state index in [-0.39, 0.29) is 23.3 Å². The summed E-state index contributed by atoms with van der Waals surface area (Å²) in [4.78, 5) is 19.9. The van der Waals surface area contributed by atoms with Crippen LogP contribution in [-0.4, -0.2) is 35.7 Å². The molecule has 130 valence electrons. The quantitative estimate of drug-likeness (QED) is 0.453. The van der Waals surface area contributed by atoms with E-state index in [0.29, 0.717) is 6.54 Å². The van der Waals surface area contributed by atoms with Crippen LogP contribution in [0.25, 0.3) is 0 Å². The summed E-state index contributed by atoms with van der Waals surface area (Å²) in [6, 6.07) is 9.86. The lowest BCUT2D eigenvalue weighted by molar-refractivity contribution is 0.0963. The Hall–Kier alpha value is -3.26. The van der Waals surface area contributed by atoms with Gasteiger partial charge in [0.05, 0.1) is 11.7 Å². The number of nitrogens with zero attached hydrogens (tertiary/aromatic N) is 2. The van der Waals surface area contributed by atoms with E-state index < -0.39 is 5.91 Å². The van der Waals surface area contributed by atoms with Crippen LogP contribution in [0.5, 0.6) is 0 Å². The van der Waals surface area contributed by atoms with Gasteiger partial charge < -0.3 is 27.1 Å². The van der Waals surface area contributed by atoms with Crippen molar-refractivity contribution >= 4 is 17.9 Å². The first-order chi connectivity index (χ1) is 12.2. The summed E-state index contributed by atoms with van der Waals surface area (Å²) in [5.74, 6) is -0.485. The molecule has 0 aliphatic rings. The maximum Gasteiger partial charge on any atom is 0.278 e. The molecule has 0 bridgehead atoms. The molecular weight excluding hydrogens is 318 g/mol. The molecule has 25 heavy (non-hydrogen) atoms. The van der Waals surface area contributed by atoms with E-state index in [0.717, 1.165) is 11.8 Å². The molecule has 0 radical (unpaired) electrons. The van der Waals surface area contributed by atoms with Crippen LogP contribution in [-0.2, 0) is 0 Å². The molecule has 1 aromatic carbocycles. The van der Waals surface area contributed by atoms with Gasteiger partial charge in [-0.25, -0.2) is 9.97 Å². The SMILES string of the molecule is CNCC(N/C=C(\C=N)NC(=O)c1nccnc1N)c1ccccc1. The van der Waals surface area contributed by atoms with Gasteiger partial charge in [0.25, 0.3) is 5.91 Å². The molecule has 8 heteroatoms. The molecule has 0 spiro atoms. The van der Waals surface area contributed by atoms with E-state index >= 15 is 0 Å². The molecule has 2 aromatic rings. The summed E-state index contributed by atoms with van der Waals surface area (Å²) in [5, 5.41) is 16.4. The van der Waals surface area contributed by atoms with Crippen LogP contribution in [0.3, 0.4) is 0 Å². The van der Waals surface area contributed by atoms with Gasteiger partial charge in [-0.3, -0.25) is 4.79 Å². The van der Waals surface area contributed by atoms with Crippen molar-refractivity contribution in [2.75, 3.05) is 19.3 Å². The summed E-state index contributed by atoms with van der Waals surface area (Å²) in [6.07, 6.45) is 5.41. The van der Waals surface area contributed by atoms with Crippen molar-refractivity contribution in [3.05, 3.63) is 65.9 Å². The van der Waals surface area contributed by atoms with Crippen LogP contribution in [0.4, 0.5) is 5.82 Å². The number of nitrogen functional groups attached to an aromatic ring is 1. The van der Waals surface area contributed by atoms with E-state index in [1.807, 2.05) is 37.4 Å². The molecule has 0 aliphatic carbocycles. The first-order valence-electron chi connectivity index (χ1n) is 7.69. The summed E-state index contributed by atoms with van der Waals surface area (Å²) in [7, 11) is 1.86. The highest BCUT2D eigenvalue weighted by Crippen LogP contribution is 2.11. The zero-order valence-corrected chi connectivity index (χ0v) is 13.9. The van der Waals surface area contributed by atoms with Gasteiger partial charge >= 0.3 is 0 Å². The minimum atomic E-state index is -0.521. The fraction of sp³-hybridized carbons (Fsp3) is 0.176. The minimum absolute atomic E-state index is 0.0142. The second-order valence-corrected chi connectivity index (χ2v) is 5.18. The number of anilines is 1. The van der Waals surface area contributed by atoms with Crippen molar-refractivity contribution in [3.8, 4) is 0 Å². The predicted octanol–water partition coefficient (Wildman–Crippen LogP) is 0.830. The number of likely N-dealkylation sites (N-methyl/N-ethyl adjacent to an activating group) is 1. The summed E-state index contributed by atoms with van der Waals surface area (Å²) in [5.41, 5.74) is 7.03. The third kappa shape index (κ3) is 5.11. The Morgan fingerprint density at radius 3 is 2.64 bits per heavy atom. The van der Waals surface area contributed by atoms with Crippen LogP contribution in [0.1, 0.15) is 22.1 Å². The van der Waals surface area contributed by atoms with Crippen molar-refractivity contribution in [3.63, 3.8) is 0 Å². The van der Waals surface area contributed by atoms with E-state index in [4.69, 9.17) is 11.1 Å². The van der Waals surface area contributed by atoms with Crippen molar-refractivity contribution in [1.29, 1.82) is 5.41 Å². The molecule has 1 amide bonds. The van der Waals surface area contributed by atoms with E-state index in [1.54, 1.807) is 6.20 Å². The van der Waals surface area contributed by atoms with E-state index in [1.165, 1.54) is 12.4 Å². The smallest absolute Gasteiger partial charge is 0.278 e. The number of aromatic nitrogens is 2. The Morgan fingerprint density at radius 1 is 1.28 bits per heavy atom. The Bertz CT molecular complexity index is 746. The van der Waals surface area contributed by atoms with Crippen LogP contribution in [0.2, 0.25) is 0 Å². The van der Waals surface area contributed by atoms with Gasteiger partial charge in [-0.1, -0.05) is 30.3 Å². The first kappa shape index (κ1) is 18.1. The number of allylic oxidation sites excluding steroid dienone is 1. The number of carbonyl (C=O) groups is 1. The lowest BCUT2D eigenvalue weighted by Gasteiger charge is -2.18. The van der Waals surface area contributed by atoms with Gasteiger partial charge in [0, 0.05) is 31.4 Å². The molecule has 0 fully saturated rings. The normalized spacial score (nSPS) is 12.3. The third-order valence-corrected chi connectivity index (χ3v) is 3.41. The Kier molecular flexibility index (Phi) is 6.61. The average Bonchev–Trinajstić information content (AvgIpc) is 2.64. The number of nitrogens with two attached hydrogens (primary N) is 1. The second kappa shape index (κ2) is 9.14. The molecular formula is C17H21N7O. The Labute approximate surface area is 146 Å². The second-order valence-electron chi connectivity index (χ2n) is 5.18. The number of amides is 1. The van der Waals surface area contributed by atoms with Crippen molar-refractivity contribution in [2.45, 2.75) is 6.04 Å². The number of hydrogen-bond acceptors (Lipinski definition) is 7. The molecule has 1 heterocycles. The highest BCUT2D eigenvalue weighted by Gasteiger charge is 2.13. The Morgan fingerprint density at radius 2 is 2.00 bits per heavy atom. The first-order valence-corrected chi connectivity index (χ1v) is 7.69. The van der Waals surface area contributed by atoms with Gasteiger partial charge in [-0.05, 0) is 12.6 Å². The topological polar surface area (TPSA) is 129 Å². The van der Waals surface area contributed by atoms with Crippen molar-refractivity contribution in [1.82, 2.24) is 25.9 Å². The van der Waals surface area contributed by atoms with Crippen LogP contribution >= 0.6 is 0 Å². The monoisotopic (exact) mass is 339 g/mol. The van der Waals surface area contributed by atoms with Gasteiger partial charge in [0.15, 0.2) is 11.5 Å². The molecule has 8 nitrogen and oxygen atoms in total. The molecule has 1 unspecified atom stereocenters. The maximum atomic E-state index is 12.2. The summed E-state index contributed by atoms with van der Waals surface area (Å²) < 4.78 is 0. The molecule has 0 saturated carbocycles. The van der Waals surface area contributed by atoms with Gasteiger partial charge in [0.1, 0.15) is 0 Å². The van der Waals surface area contributed by atoms with Crippen LogP contribution < -0.4 is 21.7 Å². The average molecular weight is 339 g/mol. The zero-order chi connectivity index (χ0) is 18.1. The number of carbonyl (C=O) groups excluding carboxylic acids is 1. The molecule has 0 aliphatic heterocycles. The predicted molar refractivity (Wildman–Crippen MR) is 97.0 cm³/mol.